The quantitative estimate of drug-likeness (QED) is 0.668. The molecule has 3 rings (SSSR count). The highest BCUT2D eigenvalue weighted by Gasteiger charge is 2.41. The minimum absolute atomic E-state index is 0.0500. The van der Waals surface area contributed by atoms with Crippen LogP contribution in [0.5, 0.6) is 0 Å². The zero-order valence-electron chi connectivity index (χ0n) is 19.5. The second-order valence-corrected chi connectivity index (χ2v) is 9.53. The molecule has 0 bridgehead atoms. The van der Waals surface area contributed by atoms with Crippen molar-refractivity contribution in [2.75, 3.05) is 52.6 Å². The number of amides is 2. The number of hydrogen-bond acceptors (Lipinski definition) is 6. The first-order valence-electron chi connectivity index (χ1n) is 11.5. The Balaban J connectivity index is 1.66. The molecule has 178 valence electrons. The van der Waals surface area contributed by atoms with E-state index >= 15 is 0 Å². The van der Waals surface area contributed by atoms with E-state index in [-0.39, 0.29) is 18.5 Å². The fourth-order valence-corrected chi connectivity index (χ4v) is 4.20. The first-order chi connectivity index (χ1) is 15.3. The van der Waals surface area contributed by atoms with Crippen LogP contribution in [0.3, 0.4) is 0 Å². The van der Waals surface area contributed by atoms with Crippen molar-refractivity contribution in [3.05, 3.63) is 35.9 Å². The van der Waals surface area contributed by atoms with Gasteiger partial charge in [0.2, 0.25) is 5.91 Å². The van der Waals surface area contributed by atoms with Crippen LogP contribution in [0.2, 0.25) is 0 Å². The fraction of sp³-hybridized carbons (Fsp3) is 0.667. The summed E-state index contributed by atoms with van der Waals surface area (Å²) in [7, 11) is 0. The smallest absolute Gasteiger partial charge is 0.407 e. The van der Waals surface area contributed by atoms with Crippen molar-refractivity contribution in [3.63, 3.8) is 0 Å². The van der Waals surface area contributed by atoms with Gasteiger partial charge in [0.15, 0.2) is 0 Å². The average Bonchev–Trinajstić information content (AvgIpc) is 2.79. The Bertz CT molecular complexity index is 738. The predicted octanol–water partition coefficient (Wildman–Crippen LogP) is 2.50. The maximum Gasteiger partial charge on any atom is 0.407 e. The molecule has 32 heavy (non-hydrogen) atoms. The number of morpholine rings is 1. The van der Waals surface area contributed by atoms with Gasteiger partial charge in [-0.3, -0.25) is 9.69 Å². The molecule has 2 amide bonds. The molecule has 0 aliphatic carbocycles. The van der Waals surface area contributed by atoms with Crippen molar-refractivity contribution < 1.29 is 23.8 Å². The van der Waals surface area contributed by atoms with Crippen LogP contribution >= 0.6 is 0 Å². The highest BCUT2D eigenvalue weighted by atomic mass is 16.6. The number of benzene rings is 1. The summed E-state index contributed by atoms with van der Waals surface area (Å²) >= 11 is 0. The number of nitrogens with zero attached hydrogens (tertiary/aromatic N) is 1. The van der Waals surface area contributed by atoms with Gasteiger partial charge in [0.05, 0.1) is 24.7 Å². The summed E-state index contributed by atoms with van der Waals surface area (Å²) in [6, 6.07) is 10.3. The molecule has 0 radical (unpaired) electrons. The van der Waals surface area contributed by atoms with Gasteiger partial charge in [0, 0.05) is 39.4 Å². The molecule has 1 aromatic rings. The van der Waals surface area contributed by atoms with Gasteiger partial charge in [-0.15, -0.1) is 0 Å². The Morgan fingerprint density at radius 3 is 2.28 bits per heavy atom. The van der Waals surface area contributed by atoms with Gasteiger partial charge in [-0.2, -0.15) is 0 Å². The van der Waals surface area contributed by atoms with Gasteiger partial charge in [0.1, 0.15) is 5.60 Å². The van der Waals surface area contributed by atoms with Crippen LogP contribution < -0.4 is 10.6 Å². The Morgan fingerprint density at radius 2 is 1.66 bits per heavy atom. The summed E-state index contributed by atoms with van der Waals surface area (Å²) in [4.78, 5) is 28.0. The number of nitrogens with one attached hydrogen (secondary N) is 2. The lowest BCUT2D eigenvalue weighted by atomic mass is 9.79. The minimum Gasteiger partial charge on any atom is -0.444 e. The van der Waals surface area contributed by atoms with Gasteiger partial charge in [-0.25, -0.2) is 4.79 Å². The highest BCUT2D eigenvalue weighted by Crippen LogP contribution is 2.31. The van der Waals surface area contributed by atoms with E-state index in [2.05, 4.69) is 27.7 Å². The van der Waals surface area contributed by atoms with Gasteiger partial charge >= 0.3 is 6.09 Å². The summed E-state index contributed by atoms with van der Waals surface area (Å²) in [5.74, 6) is -0.0500. The van der Waals surface area contributed by atoms with Crippen molar-refractivity contribution >= 4 is 12.0 Å². The summed E-state index contributed by atoms with van der Waals surface area (Å²) in [6.07, 6.45) is 0.608. The lowest BCUT2D eigenvalue weighted by Gasteiger charge is -2.38. The molecule has 0 unspecified atom stereocenters. The average molecular weight is 448 g/mol. The second kappa shape index (κ2) is 11.1. The molecule has 8 nitrogen and oxygen atoms in total. The third kappa shape index (κ3) is 6.92. The number of hydrogen-bond donors (Lipinski definition) is 2. The van der Waals surface area contributed by atoms with Crippen LogP contribution in [0.1, 0.15) is 45.2 Å². The highest BCUT2D eigenvalue weighted by molar-refractivity contribution is 5.83. The SMILES string of the molecule is CC(C)(C)OC(=O)NCC1(C(=O)NC[C@H](c2ccccc2)N2CCOCC2)CCOCC1. The third-order valence-corrected chi connectivity index (χ3v) is 6.03. The van der Waals surface area contributed by atoms with E-state index in [1.54, 1.807) is 0 Å². The number of alkyl carbamates (subject to hydrolysis) is 1. The van der Waals surface area contributed by atoms with Gasteiger partial charge in [-0.1, -0.05) is 30.3 Å². The van der Waals surface area contributed by atoms with Crippen LogP contribution in [-0.4, -0.2) is 75.1 Å². The lowest BCUT2D eigenvalue weighted by Crippen LogP contribution is -2.53. The Hall–Kier alpha value is -2.16. The molecule has 2 fully saturated rings. The largest absolute Gasteiger partial charge is 0.444 e. The van der Waals surface area contributed by atoms with E-state index in [4.69, 9.17) is 14.2 Å². The van der Waals surface area contributed by atoms with Crippen molar-refractivity contribution in [2.45, 2.75) is 45.3 Å². The van der Waals surface area contributed by atoms with E-state index in [0.29, 0.717) is 45.8 Å². The fourth-order valence-electron chi connectivity index (χ4n) is 4.20. The molecule has 2 aliphatic rings. The first-order valence-corrected chi connectivity index (χ1v) is 11.5. The Morgan fingerprint density at radius 1 is 1.03 bits per heavy atom. The minimum atomic E-state index is -0.707. The molecule has 1 aromatic carbocycles. The first kappa shape index (κ1) is 24.5. The zero-order valence-corrected chi connectivity index (χ0v) is 19.5. The van der Waals surface area contributed by atoms with Crippen LogP contribution in [0.25, 0.3) is 0 Å². The van der Waals surface area contributed by atoms with E-state index in [1.807, 2.05) is 39.0 Å². The van der Waals surface area contributed by atoms with E-state index in [9.17, 15) is 9.59 Å². The van der Waals surface area contributed by atoms with Crippen LogP contribution in [-0.2, 0) is 19.0 Å². The monoisotopic (exact) mass is 447 g/mol. The van der Waals surface area contributed by atoms with Crippen molar-refractivity contribution in [1.29, 1.82) is 0 Å². The topological polar surface area (TPSA) is 89.1 Å². The molecule has 0 saturated carbocycles. The number of ether oxygens (including phenoxy) is 3. The van der Waals surface area contributed by atoms with Crippen LogP contribution in [0.4, 0.5) is 4.79 Å². The van der Waals surface area contributed by atoms with Gasteiger partial charge in [-0.05, 0) is 39.2 Å². The molecule has 8 heteroatoms. The maximum absolute atomic E-state index is 13.4. The Labute approximate surface area is 191 Å². The molecule has 2 heterocycles. The number of carbonyl (C=O) groups is 2. The molecule has 2 saturated heterocycles. The zero-order chi connectivity index (χ0) is 23.0. The van der Waals surface area contributed by atoms with Crippen LogP contribution in [0, 0.1) is 5.41 Å². The van der Waals surface area contributed by atoms with E-state index in [1.165, 1.54) is 5.56 Å². The molecule has 0 spiro atoms. The van der Waals surface area contributed by atoms with Gasteiger partial charge < -0.3 is 24.8 Å². The van der Waals surface area contributed by atoms with Crippen LogP contribution in [0.15, 0.2) is 30.3 Å². The molecular weight excluding hydrogens is 410 g/mol. The molecule has 2 aliphatic heterocycles. The lowest BCUT2D eigenvalue weighted by molar-refractivity contribution is -0.136. The van der Waals surface area contributed by atoms with Crippen molar-refractivity contribution in [2.24, 2.45) is 5.41 Å². The number of carbonyl (C=O) groups excluding carboxylic acids is 2. The van der Waals surface area contributed by atoms with E-state index in [0.717, 1.165) is 13.1 Å². The van der Waals surface area contributed by atoms with E-state index < -0.39 is 17.1 Å². The van der Waals surface area contributed by atoms with Crippen molar-refractivity contribution in [3.8, 4) is 0 Å². The number of rotatable bonds is 7. The predicted molar refractivity (Wildman–Crippen MR) is 121 cm³/mol. The third-order valence-electron chi connectivity index (χ3n) is 6.03. The Kier molecular flexibility index (Phi) is 8.51. The maximum atomic E-state index is 13.4. The molecule has 1 atom stereocenters. The molecular formula is C24H37N3O5. The summed E-state index contributed by atoms with van der Waals surface area (Å²) in [5.41, 5.74) is -0.125. The normalized spacial score (nSPS) is 20.2. The molecule has 2 N–H and O–H groups in total. The standard InChI is InChI=1S/C24H37N3O5/c1-23(2,3)32-22(29)26-18-24(9-13-30-14-10-24)21(28)25-17-20(19-7-5-4-6-8-19)27-11-15-31-16-12-27/h4-8,20H,9-18H2,1-3H3,(H,25,28)(H,26,29)/t20-/m1/s1. The molecule has 0 aromatic heterocycles. The van der Waals surface area contributed by atoms with Crippen molar-refractivity contribution in [1.82, 2.24) is 15.5 Å². The summed E-state index contributed by atoms with van der Waals surface area (Å²) in [6.45, 7) is 10.2. The summed E-state index contributed by atoms with van der Waals surface area (Å²) in [5, 5.41) is 6.00. The van der Waals surface area contributed by atoms with Gasteiger partial charge in [0.25, 0.3) is 0 Å². The second-order valence-electron chi connectivity index (χ2n) is 9.53. The summed E-state index contributed by atoms with van der Waals surface area (Å²) < 4.78 is 16.4.